The summed E-state index contributed by atoms with van der Waals surface area (Å²) in [5.74, 6) is 0. The lowest BCUT2D eigenvalue weighted by Crippen LogP contribution is -2.07. The molecule has 0 aliphatic rings. The number of alkyl halides is 3. The number of pyridine rings is 1. The predicted molar refractivity (Wildman–Crippen MR) is 47.0 cm³/mol. The van der Waals surface area contributed by atoms with E-state index in [2.05, 4.69) is 4.98 Å². The molecule has 0 unspecified atom stereocenters. The zero-order valence-corrected chi connectivity index (χ0v) is 8.41. The van der Waals surface area contributed by atoms with Crippen molar-refractivity contribution in [2.75, 3.05) is 0 Å². The van der Waals surface area contributed by atoms with Gasteiger partial charge in [-0.1, -0.05) is 11.6 Å². The van der Waals surface area contributed by atoms with E-state index >= 15 is 0 Å². The second-order valence-corrected chi connectivity index (χ2v) is 3.55. The highest BCUT2D eigenvalue weighted by molar-refractivity contribution is 14.1. The SMILES string of the molecule is FC(F)(F)c1cc(Cl)c(I)cn1. The molecule has 1 heterocycles. The number of hydrogen-bond acceptors (Lipinski definition) is 1. The summed E-state index contributed by atoms with van der Waals surface area (Å²) >= 11 is 7.28. The Balaban J connectivity index is 3.14. The van der Waals surface area contributed by atoms with Gasteiger partial charge in [-0.15, -0.1) is 0 Å². The molecule has 0 fully saturated rings. The lowest BCUT2D eigenvalue weighted by Gasteiger charge is -2.05. The molecule has 0 radical (unpaired) electrons. The van der Waals surface area contributed by atoms with Crippen molar-refractivity contribution in [1.29, 1.82) is 0 Å². The van der Waals surface area contributed by atoms with E-state index in [4.69, 9.17) is 11.6 Å². The van der Waals surface area contributed by atoms with Crippen LogP contribution in [0.1, 0.15) is 5.69 Å². The Morgan fingerprint density at radius 1 is 1.42 bits per heavy atom. The molecule has 0 amide bonds. The van der Waals surface area contributed by atoms with Crippen LogP contribution >= 0.6 is 34.2 Å². The third kappa shape index (κ3) is 2.22. The van der Waals surface area contributed by atoms with Gasteiger partial charge in [-0.05, 0) is 28.7 Å². The Bertz CT molecular complexity index is 299. The minimum absolute atomic E-state index is 0.0675. The molecular formula is C6H2ClF3IN. The monoisotopic (exact) mass is 307 g/mol. The molecule has 6 heteroatoms. The van der Waals surface area contributed by atoms with Crippen molar-refractivity contribution in [2.24, 2.45) is 0 Å². The highest BCUT2D eigenvalue weighted by atomic mass is 127. The zero-order chi connectivity index (χ0) is 9.35. The van der Waals surface area contributed by atoms with E-state index in [0.717, 1.165) is 12.3 Å². The molecule has 0 atom stereocenters. The van der Waals surface area contributed by atoms with Crippen LogP contribution in [0.3, 0.4) is 0 Å². The fourth-order valence-corrected chi connectivity index (χ4v) is 1.02. The Kier molecular flexibility index (Phi) is 2.82. The van der Waals surface area contributed by atoms with Crippen molar-refractivity contribution in [1.82, 2.24) is 4.98 Å². The summed E-state index contributed by atoms with van der Waals surface area (Å²) in [7, 11) is 0. The first-order valence-electron chi connectivity index (χ1n) is 2.79. The largest absolute Gasteiger partial charge is 0.433 e. The van der Waals surface area contributed by atoms with Crippen molar-refractivity contribution >= 4 is 34.2 Å². The zero-order valence-electron chi connectivity index (χ0n) is 5.49. The number of halogens is 5. The maximum atomic E-state index is 12.0. The number of nitrogens with zero attached hydrogens (tertiary/aromatic N) is 1. The molecule has 0 saturated heterocycles. The number of hydrogen-bond donors (Lipinski definition) is 0. The normalized spacial score (nSPS) is 11.8. The first-order valence-corrected chi connectivity index (χ1v) is 4.25. The summed E-state index contributed by atoms with van der Waals surface area (Å²) in [4.78, 5) is 3.19. The fraction of sp³-hybridized carbons (Fsp3) is 0.167. The molecule has 0 aliphatic carbocycles. The van der Waals surface area contributed by atoms with Gasteiger partial charge < -0.3 is 0 Å². The summed E-state index contributed by atoms with van der Waals surface area (Å²) in [6.45, 7) is 0. The summed E-state index contributed by atoms with van der Waals surface area (Å²) < 4.78 is 36.4. The molecule has 0 spiro atoms. The molecule has 12 heavy (non-hydrogen) atoms. The lowest BCUT2D eigenvalue weighted by atomic mass is 10.3. The standard InChI is InChI=1S/C6H2ClF3IN/c7-3-1-5(6(8,9)10)12-2-4(3)11/h1-2H. The Labute approximate surface area is 85.1 Å². The molecule has 0 aliphatic heterocycles. The summed E-state index contributed by atoms with van der Waals surface area (Å²) in [5.41, 5.74) is -0.965. The van der Waals surface area contributed by atoms with Gasteiger partial charge in [0.2, 0.25) is 0 Å². The van der Waals surface area contributed by atoms with Gasteiger partial charge in [-0.25, -0.2) is 0 Å². The summed E-state index contributed by atoms with van der Waals surface area (Å²) in [6.07, 6.45) is -3.33. The highest BCUT2D eigenvalue weighted by Crippen LogP contribution is 2.30. The van der Waals surface area contributed by atoms with Crippen molar-refractivity contribution in [2.45, 2.75) is 6.18 Å². The Hall–Kier alpha value is -0.0400. The third-order valence-electron chi connectivity index (χ3n) is 1.10. The predicted octanol–water partition coefficient (Wildman–Crippen LogP) is 3.36. The van der Waals surface area contributed by atoms with Crippen LogP contribution in [-0.4, -0.2) is 4.98 Å². The fourth-order valence-electron chi connectivity index (χ4n) is 0.569. The molecule has 1 aromatic heterocycles. The second kappa shape index (κ2) is 3.37. The Morgan fingerprint density at radius 2 is 2.00 bits per heavy atom. The van der Waals surface area contributed by atoms with E-state index in [1.807, 2.05) is 22.6 Å². The minimum Gasteiger partial charge on any atom is -0.251 e. The molecule has 66 valence electrons. The van der Waals surface area contributed by atoms with E-state index in [9.17, 15) is 13.2 Å². The van der Waals surface area contributed by atoms with Crippen LogP contribution in [0.2, 0.25) is 5.02 Å². The van der Waals surface area contributed by atoms with E-state index < -0.39 is 11.9 Å². The Morgan fingerprint density at radius 3 is 2.42 bits per heavy atom. The van der Waals surface area contributed by atoms with Crippen LogP contribution in [0.25, 0.3) is 0 Å². The van der Waals surface area contributed by atoms with Crippen molar-refractivity contribution in [3.05, 3.63) is 26.5 Å². The topological polar surface area (TPSA) is 12.9 Å². The lowest BCUT2D eigenvalue weighted by molar-refractivity contribution is -0.141. The maximum Gasteiger partial charge on any atom is 0.433 e. The number of rotatable bonds is 0. The van der Waals surface area contributed by atoms with Gasteiger partial charge in [-0.3, -0.25) is 4.98 Å². The van der Waals surface area contributed by atoms with Crippen LogP contribution in [0.4, 0.5) is 13.2 Å². The van der Waals surface area contributed by atoms with E-state index in [1.54, 1.807) is 0 Å². The average molecular weight is 307 g/mol. The van der Waals surface area contributed by atoms with Crippen LogP contribution in [0.5, 0.6) is 0 Å². The van der Waals surface area contributed by atoms with Gasteiger partial charge in [0.05, 0.1) is 8.59 Å². The van der Waals surface area contributed by atoms with E-state index in [0.29, 0.717) is 3.57 Å². The smallest absolute Gasteiger partial charge is 0.251 e. The quantitative estimate of drug-likeness (QED) is 0.670. The summed E-state index contributed by atoms with van der Waals surface area (Å²) in [5, 5.41) is 0.0675. The average Bonchev–Trinajstić information content (AvgIpc) is 1.92. The molecule has 0 N–H and O–H groups in total. The highest BCUT2D eigenvalue weighted by Gasteiger charge is 2.32. The molecule has 1 aromatic rings. The van der Waals surface area contributed by atoms with Gasteiger partial charge >= 0.3 is 6.18 Å². The van der Waals surface area contributed by atoms with E-state index in [-0.39, 0.29) is 5.02 Å². The van der Waals surface area contributed by atoms with Gasteiger partial charge in [-0.2, -0.15) is 13.2 Å². The minimum atomic E-state index is -4.42. The van der Waals surface area contributed by atoms with Gasteiger partial charge in [0.1, 0.15) is 5.69 Å². The second-order valence-electron chi connectivity index (χ2n) is 1.98. The summed E-state index contributed by atoms with van der Waals surface area (Å²) in [6, 6.07) is 0.809. The molecule has 1 nitrogen and oxygen atoms in total. The van der Waals surface area contributed by atoms with Crippen LogP contribution in [0.15, 0.2) is 12.3 Å². The first kappa shape index (κ1) is 10.0. The van der Waals surface area contributed by atoms with Crippen molar-refractivity contribution in [3.63, 3.8) is 0 Å². The van der Waals surface area contributed by atoms with E-state index in [1.165, 1.54) is 0 Å². The molecular weight excluding hydrogens is 305 g/mol. The van der Waals surface area contributed by atoms with Crippen molar-refractivity contribution < 1.29 is 13.2 Å². The maximum absolute atomic E-state index is 12.0. The van der Waals surface area contributed by atoms with Crippen LogP contribution in [-0.2, 0) is 6.18 Å². The molecule has 0 bridgehead atoms. The molecule has 1 rings (SSSR count). The number of aromatic nitrogens is 1. The van der Waals surface area contributed by atoms with Crippen LogP contribution < -0.4 is 0 Å². The van der Waals surface area contributed by atoms with Crippen LogP contribution in [0, 0.1) is 3.57 Å². The van der Waals surface area contributed by atoms with Gasteiger partial charge in [0.25, 0.3) is 0 Å². The first-order chi connectivity index (χ1) is 5.41. The van der Waals surface area contributed by atoms with Crippen molar-refractivity contribution in [3.8, 4) is 0 Å². The van der Waals surface area contributed by atoms with Gasteiger partial charge in [0, 0.05) is 6.20 Å². The third-order valence-corrected chi connectivity index (χ3v) is 2.59. The van der Waals surface area contributed by atoms with Gasteiger partial charge in [0.15, 0.2) is 0 Å². The molecule has 0 aromatic carbocycles. The molecule has 0 saturated carbocycles.